The van der Waals surface area contributed by atoms with Gasteiger partial charge in [-0.2, -0.15) is 0 Å². The fourth-order valence-electron chi connectivity index (χ4n) is 1.56. The number of nitrogens with zero attached hydrogens (tertiary/aromatic N) is 4. The quantitative estimate of drug-likeness (QED) is 0.940. The molecule has 1 N–H and O–H groups in total. The number of thiazole rings is 1. The van der Waals surface area contributed by atoms with Gasteiger partial charge in [0.15, 0.2) is 0 Å². The Hall–Kier alpha value is -1.54. The molecule has 6 nitrogen and oxygen atoms in total. The fourth-order valence-corrected chi connectivity index (χ4v) is 2.95. The number of nitrogens with one attached hydrogen (secondary N) is 1. The molecule has 2 aromatic heterocycles. The highest BCUT2D eigenvalue weighted by Gasteiger charge is 2.20. The first-order chi connectivity index (χ1) is 9.75. The van der Waals surface area contributed by atoms with Crippen LogP contribution < -0.4 is 5.32 Å². The lowest BCUT2D eigenvalue weighted by Crippen LogP contribution is -2.30. The zero-order chi connectivity index (χ0) is 15.6. The summed E-state index contributed by atoms with van der Waals surface area (Å²) in [6, 6.07) is -0.211. The van der Waals surface area contributed by atoms with Gasteiger partial charge in [0.1, 0.15) is 5.01 Å². The van der Waals surface area contributed by atoms with E-state index in [1.165, 1.54) is 11.3 Å². The lowest BCUT2D eigenvalue weighted by molar-refractivity contribution is 0.220. The van der Waals surface area contributed by atoms with E-state index in [-0.39, 0.29) is 11.4 Å². The van der Waals surface area contributed by atoms with Crippen molar-refractivity contribution in [3.63, 3.8) is 0 Å². The Labute approximate surface area is 132 Å². The molecule has 0 fully saturated rings. The average Bonchev–Trinajstić information content (AvgIpc) is 2.98. The van der Waals surface area contributed by atoms with E-state index in [4.69, 9.17) is 0 Å². The van der Waals surface area contributed by atoms with E-state index in [2.05, 4.69) is 41.3 Å². The Morgan fingerprint density at radius 1 is 1.38 bits per heavy atom. The van der Waals surface area contributed by atoms with Gasteiger partial charge in [0.25, 0.3) is 0 Å². The molecule has 0 spiro atoms. The van der Waals surface area contributed by atoms with Gasteiger partial charge in [-0.1, -0.05) is 32.1 Å². The number of hydrogen-bond donors (Lipinski definition) is 1. The van der Waals surface area contributed by atoms with Crippen molar-refractivity contribution < 1.29 is 4.79 Å². The van der Waals surface area contributed by atoms with Crippen LogP contribution in [0.25, 0.3) is 0 Å². The van der Waals surface area contributed by atoms with Crippen LogP contribution in [0.2, 0.25) is 0 Å². The van der Waals surface area contributed by atoms with Crippen molar-refractivity contribution in [2.75, 3.05) is 12.4 Å². The molecule has 0 aromatic carbocycles. The van der Waals surface area contributed by atoms with Gasteiger partial charge in [-0.15, -0.1) is 21.5 Å². The number of aryl methyl sites for hydroxylation is 1. The summed E-state index contributed by atoms with van der Waals surface area (Å²) in [5.74, 6) is 0. The minimum atomic E-state index is -0.211. The molecule has 2 heterocycles. The number of anilines is 1. The maximum atomic E-state index is 12.1. The lowest BCUT2D eigenvalue weighted by Gasteiger charge is -2.15. The number of amides is 2. The van der Waals surface area contributed by atoms with Gasteiger partial charge in [-0.05, 0) is 6.92 Å². The van der Waals surface area contributed by atoms with Crippen LogP contribution in [0.5, 0.6) is 0 Å². The standard InChI is InChI=1S/C13H19N5OS2/c1-8-14-9(7-20-8)6-18(5)12(19)15-11-17-16-10(21-11)13(2,3)4/h7H,6H2,1-5H3,(H,15,17,19). The minimum Gasteiger partial charge on any atom is -0.322 e. The highest BCUT2D eigenvalue weighted by atomic mass is 32.1. The Morgan fingerprint density at radius 2 is 2.10 bits per heavy atom. The molecule has 0 aliphatic carbocycles. The molecule has 2 rings (SSSR count). The summed E-state index contributed by atoms with van der Waals surface area (Å²) in [6.07, 6.45) is 0. The van der Waals surface area contributed by atoms with Crippen molar-refractivity contribution in [3.05, 3.63) is 21.1 Å². The second kappa shape index (κ2) is 6.07. The second-order valence-electron chi connectivity index (χ2n) is 5.81. The number of rotatable bonds is 3. The van der Waals surface area contributed by atoms with Crippen molar-refractivity contribution >= 4 is 33.8 Å². The lowest BCUT2D eigenvalue weighted by atomic mass is 9.98. The van der Waals surface area contributed by atoms with E-state index >= 15 is 0 Å². The monoisotopic (exact) mass is 325 g/mol. The molecule has 0 saturated heterocycles. The van der Waals surface area contributed by atoms with Gasteiger partial charge in [0.2, 0.25) is 5.13 Å². The van der Waals surface area contributed by atoms with Gasteiger partial charge in [-0.25, -0.2) is 9.78 Å². The van der Waals surface area contributed by atoms with E-state index in [0.29, 0.717) is 11.7 Å². The highest BCUT2D eigenvalue weighted by molar-refractivity contribution is 7.15. The molecule has 0 aliphatic rings. The number of urea groups is 1. The first kappa shape index (κ1) is 15.8. The normalized spacial score (nSPS) is 11.5. The Kier molecular flexibility index (Phi) is 4.58. The first-order valence-corrected chi connectivity index (χ1v) is 8.22. The predicted octanol–water partition coefficient (Wildman–Crippen LogP) is 3.26. The van der Waals surface area contributed by atoms with Gasteiger partial charge >= 0.3 is 6.03 Å². The molecule has 0 bridgehead atoms. The zero-order valence-electron chi connectivity index (χ0n) is 12.8. The van der Waals surface area contributed by atoms with E-state index < -0.39 is 0 Å². The number of carbonyl (C=O) groups is 1. The summed E-state index contributed by atoms with van der Waals surface area (Å²) in [5.41, 5.74) is 0.827. The maximum absolute atomic E-state index is 12.1. The molecule has 0 radical (unpaired) electrons. The number of aromatic nitrogens is 3. The largest absolute Gasteiger partial charge is 0.323 e. The van der Waals surface area contributed by atoms with Crippen LogP contribution in [0.15, 0.2) is 5.38 Å². The molecule has 0 saturated carbocycles. The van der Waals surface area contributed by atoms with Gasteiger partial charge < -0.3 is 4.90 Å². The highest BCUT2D eigenvalue weighted by Crippen LogP contribution is 2.27. The van der Waals surface area contributed by atoms with Crippen molar-refractivity contribution in [1.29, 1.82) is 0 Å². The fraction of sp³-hybridized carbons (Fsp3) is 0.538. The van der Waals surface area contributed by atoms with Crippen LogP contribution in [0.3, 0.4) is 0 Å². The Balaban J connectivity index is 1.96. The first-order valence-electron chi connectivity index (χ1n) is 6.53. The molecule has 0 atom stereocenters. The summed E-state index contributed by atoms with van der Waals surface area (Å²) >= 11 is 2.98. The maximum Gasteiger partial charge on any atom is 0.323 e. The summed E-state index contributed by atoms with van der Waals surface area (Å²) in [6.45, 7) is 8.62. The Bertz CT molecular complexity index is 629. The topological polar surface area (TPSA) is 71.0 Å². The van der Waals surface area contributed by atoms with Crippen molar-refractivity contribution in [1.82, 2.24) is 20.1 Å². The molecule has 114 valence electrons. The van der Waals surface area contributed by atoms with Gasteiger partial charge in [-0.3, -0.25) is 5.32 Å². The van der Waals surface area contributed by atoms with E-state index in [1.54, 1.807) is 23.3 Å². The predicted molar refractivity (Wildman–Crippen MR) is 85.9 cm³/mol. The second-order valence-corrected chi connectivity index (χ2v) is 7.85. The smallest absolute Gasteiger partial charge is 0.322 e. The molecule has 0 unspecified atom stereocenters. The summed E-state index contributed by atoms with van der Waals surface area (Å²) in [7, 11) is 1.73. The summed E-state index contributed by atoms with van der Waals surface area (Å²) < 4.78 is 0. The summed E-state index contributed by atoms with van der Waals surface area (Å²) in [4.78, 5) is 18.0. The van der Waals surface area contributed by atoms with E-state index in [0.717, 1.165) is 15.7 Å². The molecular weight excluding hydrogens is 306 g/mol. The molecule has 21 heavy (non-hydrogen) atoms. The minimum absolute atomic E-state index is 0.0648. The van der Waals surface area contributed by atoms with Crippen molar-refractivity contribution in [3.8, 4) is 0 Å². The third-order valence-electron chi connectivity index (χ3n) is 2.69. The molecule has 8 heteroatoms. The Morgan fingerprint density at radius 3 is 2.62 bits per heavy atom. The van der Waals surface area contributed by atoms with E-state index in [1.807, 2.05) is 12.3 Å². The van der Waals surface area contributed by atoms with Crippen LogP contribution in [0, 0.1) is 6.92 Å². The summed E-state index contributed by atoms with van der Waals surface area (Å²) in [5, 5.41) is 15.3. The molecule has 0 aliphatic heterocycles. The van der Waals surface area contributed by atoms with Gasteiger partial charge in [0.05, 0.1) is 17.2 Å². The van der Waals surface area contributed by atoms with Crippen LogP contribution in [0.1, 0.15) is 36.5 Å². The van der Waals surface area contributed by atoms with Crippen LogP contribution in [-0.4, -0.2) is 33.2 Å². The van der Waals surface area contributed by atoms with Crippen molar-refractivity contribution in [2.45, 2.75) is 39.7 Å². The molecule has 2 amide bonds. The van der Waals surface area contributed by atoms with Crippen LogP contribution in [-0.2, 0) is 12.0 Å². The number of hydrogen-bond acceptors (Lipinski definition) is 6. The van der Waals surface area contributed by atoms with Crippen molar-refractivity contribution in [2.24, 2.45) is 0 Å². The SMILES string of the molecule is Cc1nc(CN(C)C(=O)Nc2nnc(C(C)(C)C)s2)cs1. The zero-order valence-corrected chi connectivity index (χ0v) is 14.4. The van der Waals surface area contributed by atoms with Crippen LogP contribution >= 0.6 is 22.7 Å². The van der Waals surface area contributed by atoms with Crippen LogP contribution in [0.4, 0.5) is 9.93 Å². The average molecular weight is 325 g/mol. The molecular formula is C13H19N5OS2. The van der Waals surface area contributed by atoms with E-state index in [9.17, 15) is 4.79 Å². The van der Waals surface area contributed by atoms with Gasteiger partial charge in [0, 0.05) is 17.8 Å². The third kappa shape index (κ3) is 4.21. The number of carbonyl (C=O) groups excluding carboxylic acids is 1. The molecule has 2 aromatic rings. The third-order valence-corrected chi connectivity index (χ3v) is 4.78.